The molecule has 0 unspecified atom stereocenters. The third kappa shape index (κ3) is 90.7. The van der Waals surface area contributed by atoms with Gasteiger partial charge in [-0.1, -0.05) is 67.2 Å². The van der Waals surface area contributed by atoms with Crippen LogP contribution in [0.25, 0.3) is 0 Å². The zero-order valence-electron chi connectivity index (χ0n) is 13.7. The van der Waals surface area contributed by atoms with Crippen molar-refractivity contribution in [2.75, 3.05) is 13.6 Å². The SMILES string of the molecule is C=C.CC.CC(C)C.CCCCCCCNC. The first-order chi connectivity index (χ1) is 8.15. The van der Waals surface area contributed by atoms with Gasteiger partial charge in [-0.2, -0.15) is 0 Å². The van der Waals surface area contributed by atoms with E-state index in [1.54, 1.807) is 0 Å². The molecule has 1 N–H and O–H groups in total. The highest BCUT2D eigenvalue weighted by molar-refractivity contribution is 4.43. The summed E-state index contributed by atoms with van der Waals surface area (Å²) in [7, 11) is 2.01. The van der Waals surface area contributed by atoms with Gasteiger partial charge in [0.15, 0.2) is 0 Å². The summed E-state index contributed by atoms with van der Waals surface area (Å²) in [6.07, 6.45) is 6.91. The predicted molar refractivity (Wildman–Crippen MR) is 85.8 cm³/mol. The highest BCUT2D eigenvalue weighted by atomic mass is 14.8. The maximum absolute atomic E-state index is 3.14. The average Bonchev–Trinajstić information content (AvgIpc) is 2.33. The minimum atomic E-state index is 0.833. The standard InChI is InChI=1S/C8H19N.C4H10.C2H6.C2H4/c1-3-4-5-6-7-8-9-2;1-4(2)3;2*1-2/h9H,3-8H2,1-2H3;4H,1-3H3;1-2H3;1-2H2. The topological polar surface area (TPSA) is 12.0 Å². The van der Waals surface area contributed by atoms with Gasteiger partial charge < -0.3 is 5.32 Å². The normalized spacial score (nSPS) is 8.00. The van der Waals surface area contributed by atoms with Crippen molar-refractivity contribution < 1.29 is 0 Å². The van der Waals surface area contributed by atoms with Crippen LogP contribution < -0.4 is 5.32 Å². The molecule has 0 aliphatic carbocycles. The summed E-state index contributed by atoms with van der Waals surface area (Å²) in [6.45, 7) is 19.9. The van der Waals surface area contributed by atoms with E-state index in [9.17, 15) is 0 Å². The van der Waals surface area contributed by atoms with Crippen molar-refractivity contribution in [3.8, 4) is 0 Å². The second kappa shape index (κ2) is 36.1. The molecule has 0 fully saturated rings. The van der Waals surface area contributed by atoms with Crippen molar-refractivity contribution in [3.05, 3.63) is 13.2 Å². The molecule has 17 heavy (non-hydrogen) atoms. The summed E-state index contributed by atoms with van der Waals surface area (Å²) in [4.78, 5) is 0. The second-order valence-corrected chi connectivity index (χ2v) is 4.25. The van der Waals surface area contributed by atoms with Crippen LogP contribution in [0.2, 0.25) is 0 Å². The Hall–Kier alpha value is -0.300. The van der Waals surface area contributed by atoms with Crippen molar-refractivity contribution in [1.82, 2.24) is 5.32 Å². The Labute approximate surface area is 112 Å². The van der Waals surface area contributed by atoms with Crippen LogP contribution in [-0.4, -0.2) is 13.6 Å². The van der Waals surface area contributed by atoms with E-state index >= 15 is 0 Å². The number of unbranched alkanes of at least 4 members (excludes halogenated alkanes) is 4. The molecule has 0 aromatic heterocycles. The van der Waals surface area contributed by atoms with Gasteiger partial charge in [0.2, 0.25) is 0 Å². The van der Waals surface area contributed by atoms with E-state index in [1.807, 2.05) is 20.9 Å². The van der Waals surface area contributed by atoms with Crippen LogP contribution in [0.4, 0.5) is 0 Å². The first-order valence-corrected chi connectivity index (χ1v) is 7.29. The van der Waals surface area contributed by atoms with E-state index in [1.165, 1.54) is 38.6 Å². The molecular formula is C16H39N. The molecule has 0 rings (SSSR count). The molecule has 108 valence electrons. The van der Waals surface area contributed by atoms with Gasteiger partial charge in [-0.15, -0.1) is 13.2 Å². The Kier molecular flexibility index (Phi) is 54.1. The van der Waals surface area contributed by atoms with Crippen LogP contribution in [0.5, 0.6) is 0 Å². The van der Waals surface area contributed by atoms with Crippen LogP contribution in [0.3, 0.4) is 0 Å². The Morgan fingerprint density at radius 3 is 1.53 bits per heavy atom. The molecule has 0 aromatic carbocycles. The zero-order valence-corrected chi connectivity index (χ0v) is 13.7. The highest BCUT2D eigenvalue weighted by Crippen LogP contribution is 2.00. The smallest absolute Gasteiger partial charge is 0.00519 e. The Morgan fingerprint density at radius 1 is 0.882 bits per heavy atom. The molecule has 0 saturated carbocycles. The van der Waals surface area contributed by atoms with E-state index in [0.717, 1.165) is 5.92 Å². The molecule has 0 aliphatic rings. The number of rotatable bonds is 6. The third-order valence-corrected chi connectivity index (χ3v) is 1.53. The maximum atomic E-state index is 3.14. The van der Waals surface area contributed by atoms with Crippen molar-refractivity contribution in [2.24, 2.45) is 5.92 Å². The van der Waals surface area contributed by atoms with Crippen molar-refractivity contribution in [1.29, 1.82) is 0 Å². The van der Waals surface area contributed by atoms with E-state index in [2.05, 4.69) is 46.2 Å². The quantitative estimate of drug-likeness (QED) is 0.470. The summed E-state index contributed by atoms with van der Waals surface area (Å²) in [5.74, 6) is 0.833. The number of nitrogens with one attached hydrogen (secondary N) is 1. The minimum absolute atomic E-state index is 0.833. The van der Waals surface area contributed by atoms with Crippen molar-refractivity contribution in [3.63, 3.8) is 0 Å². The molecule has 0 spiro atoms. The predicted octanol–water partition coefficient (Wildman–Crippen LogP) is 5.67. The summed E-state index contributed by atoms with van der Waals surface area (Å²) < 4.78 is 0. The lowest BCUT2D eigenvalue weighted by atomic mass is 10.1. The van der Waals surface area contributed by atoms with Crippen LogP contribution in [0.1, 0.15) is 73.6 Å². The molecule has 1 nitrogen and oxygen atoms in total. The van der Waals surface area contributed by atoms with Gasteiger partial charge in [-0.25, -0.2) is 0 Å². The van der Waals surface area contributed by atoms with E-state index in [4.69, 9.17) is 0 Å². The first kappa shape index (κ1) is 25.5. The number of hydrogen-bond acceptors (Lipinski definition) is 1. The second-order valence-electron chi connectivity index (χ2n) is 4.25. The molecule has 1 heteroatoms. The fraction of sp³-hybridized carbons (Fsp3) is 0.875. The fourth-order valence-electron chi connectivity index (χ4n) is 0.905. The Balaban J connectivity index is -0.0000000887. The number of hydrogen-bond donors (Lipinski definition) is 1. The lowest BCUT2D eigenvalue weighted by Gasteiger charge is -1.97. The van der Waals surface area contributed by atoms with Gasteiger partial charge in [0.1, 0.15) is 0 Å². The lowest BCUT2D eigenvalue weighted by Crippen LogP contribution is -2.06. The first-order valence-electron chi connectivity index (χ1n) is 7.29. The average molecular weight is 245 g/mol. The van der Waals surface area contributed by atoms with E-state index in [-0.39, 0.29) is 0 Å². The summed E-state index contributed by atoms with van der Waals surface area (Å²) in [5.41, 5.74) is 0. The van der Waals surface area contributed by atoms with E-state index in [0.29, 0.717) is 0 Å². The van der Waals surface area contributed by atoms with Gasteiger partial charge in [0.05, 0.1) is 0 Å². The van der Waals surface area contributed by atoms with Crippen molar-refractivity contribution in [2.45, 2.75) is 73.6 Å². The van der Waals surface area contributed by atoms with Crippen LogP contribution >= 0.6 is 0 Å². The molecule has 0 bridgehead atoms. The largest absolute Gasteiger partial charge is 0.320 e. The van der Waals surface area contributed by atoms with Crippen LogP contribution in [0, 0.1) is 5.92 Å². The zero-order chi connectivity index (χ0) is 14.5. The van der Waals surface area contributed by atoms with Gasteiger partial charge in [0.25, 0.3) is 0 Å². The van der Waals surface area contributed by atoms with E-state index < -0.39 is 0 Å². The fourth-order valence-corrected chi connectivity index (χ4v) is 0.905. The maximum Gasteiger partial charge on any atom is -0.00519 e. The molecule has 0 aliphatic heterocycles. The molecule has 0 heterocycles. The Bertz CT molecular complexity index is 70.8. The molecule has 0 amide bonds. The Morgan fingerprint density at radius 2 is 1.24 bits per heavy atom. The van der Waals surface area contributed by atoms with Gasteiger partial charge >= 0.3 is 0 Å². The van der Waals surface area contributed by atoms with Crippen LogP contribution in [-0.2, 0) is 0 Å². The van der Waals surface area contributed by atoms with Crippen LogP contribution in [0.15, 0.2) is 13.2 Å². The highest BCUT2D eigenvalue weighted by Gasteiger charge is 1.85. The molecule has 0 radical (unpaired) electrons. The summed E-state index contributed by atoms with van der Waals surface area (Å²) in [6, 6.07) is 0. The lowest BCUT2D eigenvalue weighted by molar-refractivity contribution is 0.610. The molecule has 0 aromatic rings. The van der Waals surface area contributed by atoms with Gasteiger partial charge in [0, 0.05) is 0 Å². The van der Waals surface area contributed by atoms with Gasteiger partial charge in [-0.3, -0.25) is 0 Å². The molecule has 0 saturated heterocycles. The summed E-state index contributed by atoms with van der Waals surface area (Å²) in [5, 5.41) is 3.14. The van der Waals surface area contributed by atoms with Crippen molar-refractivity contribution >= 4 is 0 Å². The monoisotopic (exact) mass is 245 g/mol. The summed E-state index contributed by atoms with van der Waals surface area (Å²) >= 11 is 0. The molecular weight excluding hydrogens is 206 g/mol. The van der Waals surface area contributed by atoms with Gasteiger partial charge in [-0.05, 0) is 25.9 Å². The third-order valence-electron chi connectivity index (χ3n) is 1.53. The molecule has 0 atom stereocenters. The minimum Gasteiger partial charge on any atom is -0.320 e.